The Balaban J connectivity index is 2.28. The quantitative estimate of drug-likeness (QED) is 0.834. The first-order valence-electron chi connectivity index (χ1n) is 4.67. The van der Waals surface area contributed by atoms with E-state index in [9.17, 15) is 4.39 Å². The summed E-state index contributed by atoms with van der Waals surface area (Å²) in [5, 5.41) is 11.5. The van der Waals surface area contributed by atoms with Crippen molar-refractivity contribution in [2.45, 2.75) is 0 Å². The molecular weight excluding hydrogens is 205 g/mol. The summed E-state index contributed by atoms with van der Waals surface area (Å²) in [6, 6.07) is 11.5. The Bertz CT molecular complexity index is 546. The van der Waals surface area contributed by atoms with Gasteiger partial charge in [0.05, 0.1) is 5.69 Å². The molecule has 16 heavy (non-hydrogen) atoms. The van der Waals surface area contributed by atoms with Crippen LogP contribution >= 0.6 is 0 Å². The second-order valence-electron chi connectivity index (χ2n) is 3.15. The molecule has 0 saturated heterocycles. The van der Waals surface area contributed by atoms with Crippen LogP contribution < -0.4 is 5.32 Å². The van der Waals surface area contributed by atoms with Gasteiger partial charge < -0.3 is 5.32 Å². The summed E-state index contributed by atoms with van der Waals surface area (Å²) in [6.07, 6.45) is 1.50. The van der Waals surface area contributed by atoms with Gasteiger partial charge in [-0.15, -0.1) is 0 Å². The third-order valence-electron chi connectivity index (χ3n) is 2.03. The van der Waals surface area contributed by atoms with E-state index in [0.29, 0.717) is 17.1 Å². The molecule has 1 aromatic heterocycles. The Hall–Kier alpha value is -2.41. The lowest BCUT2D eigenvalue weighted by Gasteiger charge is -2.06. The van der Waals surface area contributed by atoms with Gasteiger partial charge in [0.2, 0.25) is 0 Å². The molecule has 0 aliphatic carbocycles. The summed E-state index contributed by atoms with van der Waals surface area (Å²) < 4.78 is 13.3. The second kappa shape index (κ2) is 4.41. The smallest absolute Gasteiger partial charge is 0.146 e. The van der Waals surface area contributed by atoms with Crippen LogP contribution in [0.4, 0.5) is 15.8 Å². The first-order valence-corrected chi connectivity index (χ1v) is 4.67. The maximum atomic E-state index is 13.3. The number of hydrogen-bond acceptors (Lipinski definition) is 3. The highest BCUT2D eigenvalue weighted by Crippen LogP contribution is 2.19. The van der Waals surface area contributed by atoms with Gasteiger partial charge in [-0.2, -0.15) is 5.26 Å². The van der Waals surface area contributed by atoms with Gasteiger partial charge in [-0.1, -0.05) is 12.1 Å². The van der Waals surface area contributed by atoms with Crippen LogP contribution in [-0.4, -0.2) is 4.98 Å². The Morgan fingerprint density at radius 3 is 2.81 bits per heavy atom. The number of halogens is 1. The summed E-state index contributed by atoms with van der Waals surface area (Å²) in [5.41, 5.74) is 1.30. The number of nitriles is 1. The van der Waals surface area contributed by atoms with E-state index in [-0.39, 0.29) is 5.82 Å². The van der Waals surface area contributed by atoms with Crippen molar-refractivity contribution in [2.75, 3.05) is 5.32 Å². The Morgan fingerprint density at radius 2 is 2.06 bits per heavy atom. The zero-order valence-electron chi connectivity index (χ0n) is 8.31. The van der Waals surface area contributed by atoms with Crippen LogP contribution in [0.3, 0.4) is 0 Å². The maximum absolute atomic E-state index is 13.3. The van der Waals surface area contributed by atoms with E-state index >= 15 is 0 Å². The summed E-state index contributed by atoms with van der Waals surface area (Å²) in [5.74, 6) is -0.335. The third kappa shape index (κ3) is 2.15. The van der Waals surface area contributed by atoms with Crippen molar-refractivity contribution < 1.29 is 4.39 Å². The number of hydrogen-bond donors (Lipinski definition) is 1. The van der Waals surface area contributed by atoms with Crippen molar-refractivity contribution in [1.29, 1.82) is 5.26 Å². The molecule has 0 aliphatic heterocycles. The lowest BCUT2D eigenvalue weighted by atomic mass is 10.2. The fraction of sp³-hybridized carbons (Fsp3) is 0. The molecule has 0 atom stereocenters. The molecule has 2 aromatic rings. The lowest BCUT2D eigenvalue weighted by Crippen LogP contribution is -1.94. The van der Waals surface area contributed by atoms with E-state index in [0.717, 1.165) is 0 Å². The van der Waals surface area contributed by atoms with E-state index in [2.05, 4.69) is 10.3 Å². The van der Waals surface area contributed by atoms with E-state index in [1.165, 1.54) is 12.3 Å². The van der Waals surface area contributed by atoms with Crippen LogP contribution in [0.25, 0.3) is 0 Å². The van der Waals surface area contributed by atoms with Crippen molar-refractivity contribution in [2.24, 2.45) is 0 Å². The van der Waals surface area contributed by atoms with Gasteiger partial charge >= 0.3 is 0 Å². The van der Waals surface area contributed by atoms with Gasteiger partial charge in [0.25, 0.3) is 0 Å². The predicted molar refractivity (Wildman–Crippen MR) is 58.6 cm³/mol. The molecule has 0 bridgehead atoms. The van der Waals surface area contributed by atoms with E-state index in [1.807, 2.05) is 6.07 Å². The number of nitrogens with one attached hydrogen (secondary N) is 1. The first-order chi connectivity index (χ1) is 7.79. The SMILES string of the molecule is N#Cc1cc(Nc2ccccc2F)ccn1. The molecule has 3 nitrogen and oxygen atoms in total. The number of aromatic nitrogens is 1. The second-order valence-corrected chi connectivity index (χ2v) is 3.15. The molecule has 0 spiro atoms. The fourth-order valence-electron chi connectivity index (χ4n) is 1.29. The lowest BCUT2D eigenvalue weighted by molar-refractivity contribution is 0.632. The topological polar surface area (TPSA) is 48.7 Å². The average molecular weight is 213 g/mol. The summed E-state index contributed by atoms with van der Waals surface area (Å²) in [4.78, 5) is 3.83. The fourth-order valence-corrected chi connectivity index (χ4v) is 1.29. The minimum atomic E-state index is -0.335. The Labute approximate surface area is 92.2 Å². The highest BCUT2D eigenvalue weighted by atomic mass is 19.1. The summed E-state index contributed by atoms with van der Waals surface area (Å²) in [7, 11) is 0. The average Bonchev–Trinajstić information content (AvgIpc) is 2.32. The van der Waals surface area contributed by atoms with Crippen LogP contribution in [0.5, 0.6) is 0 Å². The van der Waals surface area contributed by atoms with E-state index in [1.54, 1.807) is 30.3 Å². The molecule has 4 heteroatoms. The summed E-state index contributed by atoms with van der Waals surface area (Å²) >= 11 is 0. The molecular formula is C12H8FN3. The van der Waals surface area contributed by atoms with Crippen molar-refractivity contribution in [3.63, 3.8) is 0 Å². The highest BCUT2D eigenvalue weighted by Gasteiger charge is 2.01. The highest BCUT2D eigenvalue weighted by molar-refractivity contribution is 5.60. The van der Waals surface area contributed by atoms with Crippen LogP contribution in [0, 0.1) is 17.1 Å². The monoisotopic (exact) mass is 213 g/mol. The number of nitrogens with zero attached hydrogens (tertiary/aromatic N) is 2. The van der Waals surface area contributed by atoms with E-state index in [4.69, 9.17) is 5.26 Å². The largest absolute Gasteiger partial charge is 0.353 e. The van der Waals surface area contributed by atoms with Gasteiger partial charge in [-0.3, -0.25) is 0 Å². The molecule has 78 valence electrons. The zero-order chi connectivity index (χ0) is 11.4. The molecule has 0 fully saturated rings. The molecule has 0 aliphatic rings. The minimum Gasteiger partial charge on any atom is -0.353 e. The standard InChI is InChI=1S/C12H8FN3/c13-11-3-1-2-4-12(11)16-9-5-6-15-10(7-9)8-14/h1-7H,(H,15,16). The van der Waals surface area contributed by atoms with Crippen molar-refractivity contribution in [3.05, 3.63) is 54.1 Å². The van der Waals surface area contributed by atoms with Crippen LogP contribution in [0.2, 0.25) is 0 Å². The minimum absolute atomic E-state index is 0.293. The number of pyridine rings is 1. The molecule has 0 saturated carbocycles. The molecule has 0 radical (unpaired) electrons. The van der Waals surface area contributed by atoms with Gasteiger partial charge in [0.15, 0.2) is 0 Å². The summed E-state index contributed by atoms with van der Waals surface area (Å²) in [6.45, 7) is 0. The number of rotatable bonds is 2. The Morgan fingerprint density at radius 1 is 1.25 bits per heavy atom. The zero-order valence-corrected chi connectivity index (χ0v) is 8.31. The maximum Gasteiger partial charge on any atom is 0.146 e. The number of para-hydroxylation sites is 1. The van der Waals surface area contributed by atoms with Gasteiger partial charge in [-0.25, -0.2) is 9.37 Å². The van der Waals surface area contributed by atoms with Crippen LogP contribution in [-0.2, 0) is 0 Å². The van der Waals surface area contributed by atoms with Gasteiger partial charge in [0.1, 0.15) is 17.6 Å². The number of anilines is 2. The molecule has 2 rings (SSSR count). The van der Waals surface area contributed by atoms with E-state index < -0.39 is 0 Å². The van der Waals surface area contributed by atoms with Crippen molar-refractivity contribution in [3.8, 4) is 6.07 Å². The molecule has 0 amide bonds. The molecule has 1 N–H and O–H groups in total. The van der Waals surface area contributed by atoms with Crippen LogP contribution in [0.1, 0.15) is 5.69 Å². The van der Waals surface area contributed by atoms with Gasteiger partial charge in [0, 0.05) is 11.9 Å². The number of benzene rings is 1. The molecule has 1 heterocycles. The predicted octanol–water partition coefficient (Wildman–Crippen LogP) is 2.84. The first kappa shape index (κ1) is 10.1. The molecule has 1 aromatic carbocycles. The van der Waals surface area contributed by atoms with Crippen LogP contribution in [0.15, 0.2) is 42.6 Å². The third-order valence-corrected chi connectivity index (χ3v) is 2.03. The molecule has 0 unspecified atom stereocenters. The van der Waals surface area contributed by atoms with Gasteiger partial charge in [-0.05, 0) is 24.3 Å². The van der Waals surface area contributed by atoms with Crippen molar-refractivity contribution in [1.82, 2.24) is 4.98 Å². The van der Waals surface area contributed by atoms with Crippen molar-refractivity contribution >= 4 is 11.4 Å². The Kier molecular flexibility index (Phi) is 2.79. The normalized spacial score (nSPS) is 9.50.